The number of ether oxygens (including phenoxy) is 2. The van der Waals surface area contributed by atoms with E-state index >= 15 is 0 Å². The molecule has 0 aromatic heterocycles. The molecule has 14 heavy (non-hydrogen) atoms. The maximum absolute atomic E-state index is 9.54. The number of aliphatic hydroxyl groups is 1. The van der Waals surface area contributed by atoms with Gasteiger partial charge in [-0.05, 0) is 33.6 Å². The second-order valence-electron chi connectivity index (χ2n) is 2.99. The molecule has 1 aliphatic heterocycles. The zero-order valence-corrected chi connectivity index (χ0v) is 8.95. The summed E-state index contributed by atoms with van der Waals surface area (Å²) < 4.78 is 11.2. The Morgan fingerprint density at radius 1 is 1.50 bits per heavy atom. The van der Waals surface area contributed by atoms with E-state index in [1.54, 1.807) is 12.1 Å². The van der Waals surface area contributed by atoms with Gasteiger partial charge in [0, 0.05) is 6.54 Å². The predicted octanol–water partition coefficient (Wildman–Crippen LogP) is 1.17. The smallest absolute Gasteiger partial charge is 0.231 e. The van der Waals surface area contributed by atoms with Crippen LogP contribution in [0.3, 0.4) is 0 Å². The van der Waals surface area contributed by atoms with Crippen LogP contribution >= 0.6 is 15.9 Å². The van der Waals surface area contributed by atoms with Crippen molar-refractivity contribution in [3.05, 3.63) is 22.2 Å². The largest absolute Gasteiger partial charge is 0.454 e. The Morgan fingerprint density at radius 3 is 3.00 bits per heavy atom. The molecule has 1 aliphatic rings. The molecule has 0 radical (unpaired) electrons. The van der Waals surface area contributed by atoms with E-state index in [1.807, 2.05) is 0 Å². The molecule has 4 nitrogen and oxygen atoms in total. The molecule has 2 rings (SSSR count). The van der Waals surface area contributed by atoms with Gasteiger partial charge in [-0.3, -0.25) is 0 Å². The number of rotatable bonds is 2. The first-order valence-corrected chi connectivity index (χ1v) is 4.99. The van der Waals surface area contributed by atoms with Crippen LogP contribution in [0.15, 0.2) is 16.6 Å². The van der Waals surface area contributed by atoms with Crippen LogP contribution in [-0.2, 0) is 0 Å². The molecule has 1 heterocycles. The number of nitrogens with two attached hydrogens (primary N) is 1. The number of halogens is 1. The second-order valence-corrected chi connectivity index (χ2v) is 3.84. The van der Waals surface area contributed by atoms with Crippen molar-refractivity contribution in [2.24, 2.45) is 5.73 Å². The lowest BCUT2D eigenvalue weighted by atomic mass is 10.1. The van der Waals surface area contributed by atoms with Gasteiger partial charge in [-0.25, -0.2) is 0 Å². The quantitative estimate of drug-likeness (QED) is 0.837. The Bertz CT molecular complexity index is 356. The van der Waals surface area contributed by atoms with Gasteiger partial charge in [0.2, 0.25) is 6.79 Å². The molecule has 0 fully saturated rings. The topological polar surface area (TPSA) is 64.7 Å². The van der Waals surface area contributed by atoms with Gasteiger partial charge < -0.3 is 20.3 Å². The van der Waals surface area contributed by atoms with Crippen LogP contribution < -0.4 is 15.2 Å². The molecule has 0 spiro atoms. The first-order chi connectivity index (χ1) is 6.72. The van der Waals surface area contributed by atoms with Crippen molar-refractivity contribution < 1.29 is 14.6 Å². The summed E-state index contributed by atoms with van der Waals surface area (Å²) in [4.78, 5) is 0. The molecule has 0 saturated heterocycles. The first kappa shape index (κ1) is 9.76. The van der Waals surface area contributed by atoms with Crippen LogP contribution in [-0.4, -0.2) is 18.4 Å². The Kier molecular flexibility index (Phi) is 2.62. The van der Waals surface area contributed by atoms with Gasteiger partial charge in [0.15, 0.2) is 11.5 Å². The van der Waals surface area contributed by atoms with Gasteiger partial charge in [0.05, 0.1) is 10.6 Å². The van der Waals surface area contributed by atoms with E-state index < -0.39 is 6.10 Å². The third-order valence-electron chi connectivity index (χ3n) is 2.06. The minimum Gasteiger partial charge on any atom is -0.454 e. The highest BCUT2D eigenvalue weighted by molar-refractivity contribution is 9.10. The standard InChI is InChI=1S/C9H10BrNO3/c10-6-1-5(7(12)3-11)2-8-9(6)14-4-13-8/h1-2,7,12H,3-4,11H2. The minimum atomic E-state index is -0.666. The Morgan fingerprint density at radius 2 is 2.29 bits per heavy atom. The van der Waals surface area contributed by atoms with E-state index in [0.29, 0.717) is 11.5 Å². The van der Waals surface area contributed by atoms with Crippen LogP contribution in [0.1, 0.15) is 11.7 Å². The molecule has 0 aliphatic carbocycles. The lowest BCUT2D eigenvalue weighted by Crippen LogP contribution is -2.11. The zero-order valence-electron chi connectivity index (χ0n) is 7.37. The number of hydrogen-bond donors (Lipinski definition) is 2. The molecule has 76 valence electrons. The fourth-order valence-electron chi connectivity index (χ4n) is 1.32. The maximum atomic E-state index is 9.54. The molecule has 1 aromatic rings. The first-order valence-electron chi connectivity index (χ1n) is 4.19. The molecular formula is C9H10BrNO3. The van der Waals surface area contributed by atoms with Crippen LogP contribution in [0, 0.1) is 0 Å². The molecule has 3 N–H and O–H groups in total. The molecule has 1 atom stereocenters. The normalized spacial score (nSPS) is 15.6. The molecule has 0 bridgehead atoms. The minimum absolute atomic E-state index is 0.187. The molecule has 5 heteroatoms. The maximum Gasteiger partial charge on any atom is 0.231 e. The summed E-state index contributed by atoms with van der Waals surface area (Å²) in [6.07, 6.45) is -0.666. The highest BCUT2D eigenvalue weighted by Crippen LogP contribution is 2.41. The predicted molar refractivity (Wildman–Crippen MR) is 54.3 cm³/mol. The summed E-state index contributed by atoms with van der Waals surface area (Å²) in [5, 5.41) is 9.54. The number of aliphatic hydroxyl groups excluding tert-OH is 1. The van der Waals surface area contributed by atoms with Crippen molar-refractivity contribution in [3.63, 3.8) is 0 Å². The molecule has 0 amide bonds. The van der Waals surface area contributed by atoms with Crippen molar-refractivity contribution >= 4 is 15.9 Å². The lowest BCUT2D eigenvalue weighted by Gasteiger charge is -2.09. The van der Waals surface area contributed by atoms with Crippen molar-refractivity contribution in [2.45, 2.75) is 6.10 Å². The molecule has 1 unspecified atom stereocenters. The van der Waals surface area contributed by atoms with Gasteiger partial charge in [-0.1, -0.05) is 0 Å². The highest BCUT2D eigenvalue weighted by Gasteiger charge is 2.19. The van der Waals surface area contributed by atoms with Gasteiger partial charge in [0.1, 0.15) is 0 Å². The van der Waals surface area contributed by atoms with Gasteiger partial charge >= 0.3 is 0 Å². The SMILES string of the molecule is NCC(O)c1cc(Br)c2c(c1)OCO2. The van der Waals surface area contributed by atoms with E-state index in [2.05, 4.69) is 15.9 Å². The number of benzene rings is 1. The van der Waals surface area contributed by atoms with Crippen molar-refractivity contribution in [1.29, 1.82) is 0 Å². The summed E-state index contributed by atoms with van der Waals surface area (Å²) in [5.41, 5.74) is 6.09. The van der Waals surface area contributed by atoms with Gasteiger partial charge in [-0.2, -0.15) is 0 Å². The summed E-state index contributed by atoms with van der Waals surface area (Å²) in [6, 6.07) is 3.52. The van der Waals surface area contributed by atoms with Crippen LogP contribution in [0.25, 0.3) is 0 Å². The summed E-state index contributed by atoms with van der Waals surface area (Å²) >= 11 is 3.34. The average molecular weight is 260 g/mol. The summed E-state index contributed by atoms with van der Waals surface area (Å²) in [7, 11) is 0. The fourth-order valence-corrected chi connectivity index (χ4v) is 1.89. The number of fused-ring (bicyclic) bond motifs is 1. The average Bonchev–Trinajstić information content (AvgIpc) is 2.64. The van der Waals surface area contributed by atoms with Crippen molar-refractivity contribution in [3.8, 4) is 11.5 Å². The molecule has 1 aromatic carbocycles. The highest BCUT2D eigenvalue weighted by atomic mass is 79.9. The summed E-state index contributed by atoms with van der Waals surface area (Å²) in [6.45, 7) is 0.405. The van der Waals surface area contributed by atoms with Crippen LogP contribution in [0.4, 0.5) is 0 Å². The van der Waals surface area contributed by atoms with Crippen molar-refractivity contribution in [1.82, 2.24) is 0 Å². The van der Waals surface area contributed by atoms with E-state index in [1.165, 1.54) is 0 Å². The lowest BCUT2D eigenvalue weighted by molar-refractivity contribution is 0.172. The Balaban J connectivity index is 2.41. The monoisotopic (exact) mass is 259 g/mol. The molecule has 0 saturated carbocycles. The van der Waals surface area contributed by atoms with E-state index in [0.717, 1.165) is 10.0 Å². The second kappa shape index (κ2) is 3.76. The molecular weight excluding hydrogens is 250 g/mol. The summed E-state index contributed by atoms with van der Waals surface area (Å²) in [5.74, 6) is 1.32. The fraction of sp³-hybridized carbons (Fsp3) is 0.333. The third-order valence-corrected chi connectivity index (χ3v) is 2.65. The van der Waals surface area contributed by atoms with E-state index in [9.17, 15) is 5.11 Å². The van der Waals surface area contributed by atoms with Crippen molar-refractivity contribution in [2.75, 3.05) is 13.3 Å². The van der Waals surface area contributed by atoms with Gasteiger partial charge in [-0.15, -0.1) is 0 Å². The van der Waals surface area contributed by atoms with E-state index in [4.69, 9.17) is 15.2 Å². The third kappa shape index (κ3) is 1.58. The zero-order chi connectivity index (χ0) is 10.1. The van der Waals surface area contributed by atoms with E-state index in [-0.39, 0.29) is 13.3 Å². The number of hydrogen-bond acceptors (Lipinski definition) is 4. The van der Waals surface area contributed by atoms with Crippen LogP contribution in [0.5, 0.6) is 11.5 Å². The van der Waals surface area contributed by atoms with Crippen LogP contribution in [0.2, 0.25) is 0 Å². The Hall–Kier alpha value is -0.780. The van der Waals surface area contributed by atoms with Gasteiger partial charge in [0.25, 0.3) is 0 Å². The Labute approximate surface area is 89.7 Å².